The van der Waals surface area contributed by atoms with Crippen molar-refractivity contribution in [1.29, 1.82) is 0 Å². The summed E-state index contributed by atoms with van der Waals surface area (Å²) in [6.07, 6.45) is 19.1. The number of allylic oxidation sites excluding steroid dienone is 8. The summed E-state index contributed by atoms with van der Waals surface area (Å²) < 4.78 is 0. The molecule has 0 spiro atoms. The Balaban J connectivity index is 3.93. The molecule has 0 nitrogen and oxygen atoms in total. The highest BCUT2D eigenvalue weighted by Crippen LogP contribution is 2.15. The van der Waals surface area contributed by atoms with Crippen LogP contribution in [0.3, 0.4) is 0 Å². The maximum absolute atomic E-state index is 2.43. The second-order valence-electron chi connectivity index (χ2n) is 6.59. The molecular formula is C22H38. The maximum atomic E-state index is 2.43. The highest BCUT2D eigenvalue weighted by molar-refractivity contribution is 5.07. The summed E-state index contributed by atoms with van der Waals surface area (Å²) >= 11 is 0. The van der Waals surface area contributed by atoms with Crippen LogP contribution in [0.25, 0.3) is 0 Å². The molecule has 0 unspecified atom stereocenters. The average Bonchev–Trinajstić information content (AvgIpc) is 2.47. The lowest BCUT2D eigenvalue weighted by atomic mass is 10.0. The molecule has 0 aliphatic heterocycles. The molecule has 0 aromatic heterocycles. The topological polar surface area (TPSA) is 0 Å². The molecule has 126 valence electrons. The third-order valence-corrected chi connectivity index (χ3v) is 4.22. The fourth-order valence-electron chi connectivity index (χ4n) is 2.45. The van der Waals surface area contributed by atoms with Crippen LogP contribution in [0.2, 0.25) is 0 Å². The third-order valence-electron chi connectivity index (χ3n) is 4.22. The minimum absolute atomic E-state index is 1.10. The van der Waals surface area contributed by atoms with Crippen LogP contribution in [0.5, 0.6) is 0 Å². The Kier molecular flexibility index (Phi) is 13.0. The molecule has 22 heavy (non-hydrogen) atoms. The van der Waals surface area contributed by atoms with Crippen molar-refractivity contribution < 1.29 is 0 Å². The van der Waals surface area contributed by atoms with E-state index in [-0.39, 0.29) is 0 Å². The van der Waals surface area contributed by atoms with E-state index in [0.29, 0.717) is 0 Å². The van der Waals surface area contributed by atoms with E-state index >= 15 is 0 Å². The van der Waals surface area contributed by atoms with Gasteiger partial charge >= 0.3 is 0 Å². The Morgan fingerprint density at radius 3 is 1.77 bits per heavy atom. The van der Waals surface area contributed by atoms with Crippen LogP contribution in [0.15, 0.2) is 46.6 Å². The molecule has 0 atom stereocenters. The monoisotopic (exact) mass is 302 g/mol. The zero-order valence-electron chi connectivity index (χ0n) is 16.0. The number of rotatable bonds is 11. The lowest BCUT2D eigenvalue weighted by molar-refractivity contribution is 0.793. The SMILES string of the molecule is CC/C=C(/C)CC/C=C(/C)CCC/C(C)=C/C/C=C(/C)CC. The summed E-state index contributed by atoms with van der Waals surface area (Å²) in [5.74, 6) is 0. The molecule has 0 fully saturated rings. The summed E-state index contributed by atoms with van der Waals surface area (Å²) in [5, 5.41) is 0. The Labute approximate surface area is 140 Å². The van der Waals surface area contributed by atoms with Crippen molar-refractivity contribution >= 4 is 0 Å². The molecule has 0 aromatic rings. The first-order valence-corrected chi connectivity index (χ1v) is 9.12. The van der Waals surface area contributed by atoms with Gasteiger partial charge in [-0.2, -0.15) is 0 Å². The molecule has 0 saturated heterocycles. The molecule has 0 aliphatic carbocycles. The molecule has 0 aliphatic rings. The highest BCUT2D eigenvalue weighted by atomic mass is 14.0. The average molecular weight is 303 g/mol. The van der Waals surface area contributed by atoms with E-state index < -0.39 is 0 Å². The van der Waals surface area contributed by atoms with E-state index in [1.54, 1.807) is 5.57 Å². The van der Waals surface area contributed by atoms with Crippen molar-refractivity contribution in [3.63, 3.8) is 0 Å². The molecule has 0 saturated carbocycles. The maximum Gasteiger partial charge on any atom is -0.0164 e. The van der Waals surface area contributed by atoms with E-state index in [0.717, 1.165) is 12.8 Å². The normalized spacial score (nSPS) is 14.6. The Hall–Kier alpha value is -1.04. The lowest BCUT2D eigenvalue weighted by Gasteiger charge is -2.04. The summed E-state index contributed by atoms with van der Waals surface area (Å²) in [5.41, 5.74) is 6.12. The van der Waals surface area contributed by atoms with E-state index in [1.807, 2.05) is 0 Å². The quantitative estimate of drug-likeness (QED) is 0.340. The van der Waals surface area contributed by atoms with Crippen LogP contribution in [0.1, 0.15) is 92.9 Å². The second kappa shape index (κ2) is 13.6. The number of hydrogen-bond donors (Lipinski definition) is 0. The van der Waals surface area contributed by atoms with Crippen LogP contribution < -0.4 is 0 Å². The van der Waals surface area contributed by atoms with E-state index in [2.05, 4.69) is 65.8 Å². The molecule has 0 heterocycles. The predicted octanol–water partition coefficient (Wildman–Crippen LogP) is 7.93. The van der Waals surface area contributed by atoms with Gasteiger partial charge in [0, 0.05) is 0 Å². The van der Waals surface area contributed by atoms with E-state index in [4.69, 9.17) is 0 Å². The van der Waals surface area contributed by atoms with Gasteiger partial charge in [0.15, 0.2) is 0 Å². The van der Waals surface area contributed by atoms with Crippen molar-refractivity contribution in [3.8, 4) is 0 Å². The van der Waals surface area contributed by atoms with Crippen molar-refractivity contribution in [3.05, 3.63) is 46.6 Å². The van der Waals surface area contributed by atoms with Crippen molar-refractivity contribution in [1.82, 2.24) is 0 Å². The standard InChI is InChI=1S/C22H38/c1-7-12-20(4)14-10-16-22(6)18-11-17-21(5)15-9-13-19(3)8-2/h12-13,15-16H,7-11,14,17-18H2,1-6H3/b19-13-,20-12-,21-15+,22-16-. The first kappa shape index (κ1) is 21.0. The third kappa shape index (κ3) is 12.7. The Bertz CT molecular complexity index is 402. The first-order chi connectivity index (χ1) is 10.5. The molecule has 0 radical (unpaired) electrons. The molecular weight excluding hydrogens is 264 g/mol. The summed E-state index contributed by atoms with van der Waals surface area (Å²) in [6, 6.07) is 0. The van der Waals surface area contributed by atoms with Gasteiger partial charge in [-0.25, -0.2) is 0 Å². The summed E-state index contributed by atoms with van der Waals surface area (Å²) in [4.78, 5) is 0. The van der Waals surface area contributed by atoms with E-state index in [1.165, 1.54) is 55.2 Å². The fraction of sp³-hybridized carbons (Fsp3) is 0.636. The van der Waals surface area contributed by atoms with Crippen LogP contribution in [0, 0.1) is 0 Å². The van der Waals surface area contributed by atoms with Gasteiger partial charge in [0.1, 0.15) is 0 Å². The summed E-state index contributed by atoms with van der Waals surface area (Å²) in [6.45, 7) is 13.4. The second-order valence-corrected chi connectivity index (χ2v) is 6.59. The molecule has 0 amide bonds. The minimum Gasteiger partial charge on any atom is -0.0859 e. The van der Waals surface area contributed by atoms with Gasteiger partial charge in [0.05, 0.1) is 0 Å². The summed E-state index contributed by atoms with van der Waals surface area (Å²) in [7, 11) is 0. The Morgan fingerprint density at radius 2 is 1.18 bits per heavy atom. The minimum atomic E-state index is 1.10. The van der Waals surface area contributed by atoms with Crippen LogP contribution in [0.4, 0.5) is 0 Å². The lowest BCUT2D eigenvalue weighted by Crippen LogP contribution is -1.83. The zero-order chi connectivity index (χ0) is 16.8. The van der Waals surface area contributed by atoms with Gasteiger partial charge in [-0.1, -0.05) is 60.4 Å². The van der Waals surface area contributed by atoms with Crippen molar-refractivity contribution in [2.24, 2.45) is 0 Å². The molecule has 0 rings (SSSR count). The largest absolute Gasteiger partial charge is 0.0859 e. The molecule has 0 heteroatoms. The van der Waals surface area contributed by atoms with Crippen molar-refractivity contribution in [2.75, 3.05) is 0 Å². The van der Waals surface area contributed by atoms with Gasteiger partial charge in [0.25, 0.3) is 0 Å². The zero-order valence-corrected chi connectivity index (χ0v) is 16.0. The van der Waals surface area contributed by atoms with Gasteiger partial charge in [-0.05, 0) is 79.1 Å². The number of hydrogen-bond acceptors (Lipinski definition) is 0. The van der Waals surface area contributed by atoms with Crippen LogP contribution >= 0.6 is 0 Å². The first-order valence-electron chi connectivity index (χ1n) is 9.12. The van der Waals surface area contributed by atoms with Gasteiger partial charge in [-0.15, -0.1) is 0 Å². The van der Waals surface area contributed by atoms with Crippen LogP contribution in [-0.4, -0.2) is 0 Å². The highest BCUT2D eigenvalue weighted by Gasteiger charge is 1.94. The van der Waals surface area contributed by atoms with Gasteiger partial charge < -0.3 is 0 Å². The predicted molar refractivity (Wildman–Crippen MR) is 103 cm³/mol. The Morgan fingerprint density at radius 1 is 0.636 bits per heavy atom. The van der Waals surface area contributed by atoms with E-state index in [9.17, 15) is 0 Å². The molecule has 0 N–H and O–H groups in total. The van der Waals surface area contributed by atoms with Crippen LogP contribution in [-0.2, 0) is 0 Å². The smallest absolute Gasteiger partial charge is 0.0164 e. The molecule has 0 aromatic carbocycles. The van der Waals surface area contributed by atoms with Gasteiger partial charge in [0.2, 0.25) is 0 Å². The van der Waals surface area contributed by atoms with Crippen molar-refractivity contribution in [2.45, 2.75) is 92.9 Å². The molecule has 0 bridgehead atoms. The fourth-order valence-corrected chi connectivity index (χ4v) is 2.45. The van der Waals surface area contributed by atoms with Gasteiger partial charge in [-0.3, -0.25) is 0 Å².